The van der Waals surface area contributed by atoms with Crippen LogP contribution in [-0.2, 0) is 11.3 Å². The van der Waals surface area contributed by atoms with Crippen LogP contribution in [0.25, 0.3) is 11.3 Å². The van der Waals surface area contributed by atoms with Crippen molar-refractivity contribution in [3.63, 3.8) is 0 Å². The average molecular weight is 389 g/mol. The highest BCUT2D eigenvalue weighted by molar-refractivity contribution is 6.30. The fourth-order valence-corrected chi connectivity index (χ4v) is 2.63. The number of carbonyl (C=O) groups is 1. The van der Waals surface area contributed by atoms with Crippen molar-refractivity contribution in [1.29, 1.82) is 0 Å². The van der Waals surface area contributed by atoms with Gasteiger partial charge in [-0.3, -0.25) is 4.79 Å². The largest absolute Gasteiger partial charge is 0.481 e. The maximum atomic E-state index is 13.2. The van der Waals surface area contributed by atoms with E-state index in [4.69, 9.17) is 20.8 Å². The van der Waals surface area contributed by atoms with Crippen LogP contribution < -0.4 is 10.1 Å². The molecule has 1 amide bonds. The number of ether oxygens (including phenoxy) is 1. The Morgan fingerprint density at radius 2 is 2.04 bits per heavy atom. The number of halogens is 2. The molecule has 7 heteroatoms. The van der Waals surface area contributed by atoms with Crippen molar-refractivity contribution < 1.29 is 18.3 Å². The maximum absolute atomic E-state index is 13.2. The molecule has 0 bridgehead atoms. The second-order valence-electron chi connectivity index (χ2n) is 5.96. The molecule has 0 radical (unpaired) electrons. The summed E-state index contributed by atoms with van der Waals surface area (Å²) in [6.45, 7) is 3.53. The molecule has 140 valence electrons. The number of aromatic nitrogens is 1. The van der Waals surface area contributed by atoms with Crippen LogP contribution in [0.15, 0.2) is 52.9 Å². The van der Waals surface area contributed by atoms with Gasteiger partial charge in [0.15, 0.2) is 11.9 Å². The molecule has 1 unspecified atom stereocenters. The fourth-order valence-electron chi connectivity index (χ4n) is 2.50. The molecule has 0 spiro atoms. The quantitative estimate of drug-likeness (QED) is 0.674. The Hall–Kier alpha value is -2.86. The molecule has 0 aliphatic heterocycles. The van der Waals surface area contributed by atoms with Gasteiger partial charge in [-0.1, -0.05) is 17.7 Å². The molecule has 1 heterocycles. The highest BCUT2D eigenvalue weighted by atomic mass is 35.5. The van der Waals surface area contributed by atoms with E-state index >= 15 is 0 Å². The zero-order chi connectivity index (χ0) is 19.4. The SMILES string of the molecule is Cc1nc(CNC(=O)C(C)Oc2cccc(F)c2)oc1-c1ccc(Cl)cc1. The van der Waals surface area contributed by atoms with Gasteiger partial charge in [-0.2, -0.15) is 0 Å². The van der Waals surface area contributed by atoms with Gasteiger partial charge in [-0.15, -0.1) is 0 Å². The summed E-state index contributed by atoms with van der Waals surface area (Å²) in [7, 11) is 0. The van der Waals surface area contributed by atoms with Gasteiger partial charge >= 0.3 is 0 Å². The zero-order valence-electron chi connectivity index (χ0n) is 14.8. The number of hydrogen-bond acceptors (Lipinski definition) is 4. The molecule has 0 fully saturated rings. The van der Waals surface area contributed by atoms with Crippen molar-refractivity contribution in [2.24, 2.45) is 0 Å². The van der Waals surface area contributed by atoms with Crippen LogP contribution >= 0.6 is 11.6 Å². The van der Waals surface area contributed by atoms with E-state index in [-0.39, 0.29) is 18.2 Å². The summed E-state index contributed by atoms with van der Waals surface area (Å²) in [5.41, 5.74) is 1.57. The molecule has 1 N–H and O–H groups in total. The summed E-state index contributed by atoms with van der Waals surface area (Å²) in [5, 5.41) is 3.33. The average Bonchev–Trinajstić information content (AvgIpc) is 3.01. The van der Waals surface area contributed by atoms with E-state index in [1.54, 1.807) is 25.1 Å². The Kier molecular flexibility index (Phi) is 5.76. The van der Waals surface area contributed by atoms with Crippen molar-refractivity contribution in [2.75, 3.05) is 0 Å². The lowest BCUT2D eigenvalue weighted by Crippen LogP contribution is -2.36. The Labute approximate surface area is 161 Å². The van der Waals surface area contributed by atoms with Gasteiger partial charge in [0, 0.05) is 16.7 Å². The Balaban J connectivity index is 1.60. The molecule has 0 aliphatic rings. The van der Waals surface area contributed by atoms with Crippen LogP contribution in [-0.4, -0.2) is 17.0 Å². The second kappa shape index (κ2) is 8.22. The predicted octanol–water partition coefficient (Wildman–Crippen LogP) is 4.53. The number of carbonyl (C=O) groups excluding carboxylic acids is 1. The van der Waals surface area contributed by atoms with Crippen molar-refractivity contribution in [3.8, 4) is 17.1 Å². The third kappa shape index (κ3) is 4.86. The Morgan fingerprint density at radius 1 is 1.30 bits per heavy atom. The molecule has 1 atom stereocenters. The van der Waals surface area contributed by atoms with Crippen LogP contribution in [0.3, 0.4) is 0 Å². The van der Waals surface area contributed by atoms with E-state index in [0.717, 1.165) is 5.56 Å². The van der Waals surface area contributed by atoms with Gasteiger partial charge in [-0.25, -0.2) is 9.37 Å². The first-order valence-electron chi connectivity index (χ1n) is 8.34. The molecular formula is C20H18ClFN2O3. The summed E-state index contributed by atoms with van der Waals surface area (Å²) in [5.74, 6) is 0.506. The molecule has 0 saturated carbocycles. The lowest BCUT2D eigenvalue weighted by Gasteiger charge is -2.14. The Bertz CT molecular complexity index is 941. The van der Waals surface area contributed by atoms with E-state index in [9.17, 15) is 9.18 Å². The number of benzene rings is 2. The first-order chi connectivity index (χ1) is 12.9. The summed E-state index contributed by atoms with van der Waals surface area (Å²) in [6, 6.07) is 12.9. The first kappa shape index (κ1) is 18.9. The van der Waals surface area contributed by atoms with Gasteiger partial charge in [0.05, 0.1) is 12.2 Å². The number of rotatable bonds is 6. The molecule has 1 aromatic heterocycles. The normalized spacial score (nSPS) is 11.9. The highest BCUT2D eigenvalue weighted by Gasteiger charge is 2.17. The smallest absolute Gasteiger partial charge is 0.261 e. The molecule has 5 nitrogen and oxygen atoms in total. The molecule has 27 heavy (non-hydrogen) atoms. The Morgan fingerprint density at radius 3 is 2.74 bits per heavy atom. The van der Waals surface area contributed by atoms with Gasteiger partial charge in [0.1, 0.15) is 11.6 Å². The number of aryl methyl sites for hydroxylation is 1. The van der Waals surface area contributed by atoms with Gasteiger partial charge in [-0.05, 0) is 50.2 Å². The molecular weight excluding hydrogens is 371 g/mol. The number of nitrogens with one attached hydrogen (secondary N) is 1. The molecule has 0 aliphatic carbocycles. The lowest BCUT2D eigenvalue weighted by atomic mass is 10.1. The van der Waals surface area contributed by atoms with E-state index in [1.807, 2.05) is 19.1 Å². The zero-order valence-corrected chi connectivity index (χ0v) is 15.6. The number of amides is 1. The number of oxazole rings is 1. The summed E-state index contributed by atoms with van der Waals surface area (Å²) in [6.07, 6.45) is -0.793. The minimum atomic E-state index is -0.793. The second-order valence-corrected chi connectivity index (χ2v) is 6.40. The summed E-state index contributed by atoms with van der Waals surface area (Å²) in [4.78, 5) is 16.5. The van der Waals surface area contributed by atoms with Gasteiger partial charge in [0.2, 0.25) is 5.89 Å². The summed E-state index contributed by atoms with van der Waals surface area (Å²) >= 11 is 5.90. The van der Waals surface area contributed by atoms with Crippen LogP contribution in [0.1, 0.15) is 18.5 Å². The van der Waals surface area contributed by atoms with Gasteiger partial charge in [0.25, 0.3) is 5.91 Å². The van der Waals surface area contributed by atoms with Crippen LogP contribution in [0.5, 0.6) is 5.75 Å². The van der Waals surface area contributed by atoms with E-state index in [1.165, 1.54) is 18.2 Å². The van der Waals surface area contributed by atoms with Crippen LogP contribution in [0.4, 0.5) is 4.39 Å². The van der Waals surface area contributed by atoms with Crippen LogP contribution in [0.2, 0.25) is 5.02 Å². The highest BCUT2D eigenvalue weighted by Crippen LogP contribution is 2.25. The fraction of sp³-hybridized carbons (Fsp3) is 0.200. The van der Waals surface area contributed by atoms with Crippen molar-refractivity contribution >= 4 is 17.5 Å². The third-order valence-corrected chi connectivity index (χ3v) is 4.09. The molecule has 2 aromatic carbocycles. The maximum Gasteiger partial charge on any atom is 0.261 e. The first-order valence-corrected chi connectivity index (χ1v) is 8.72. The lowest BCUT2D eigenvalue weighted by molar-refractivity contribution is -0.127. The topological polar surface area (TPSA) is 64.4 Å². The minimum absolute atomic E-state index is 0.115. The van der Waals surface area contributed by atoms with E-state index in [0.29, 0.717) is 22.4 Å². The summed E-state index contributed by atoms with van der Waals surface area (Å²) < 4.78 is 24.4. The monoisotopic (exact) mass is 388 g/mol. The van der Waals surface area contributed by atoms with Crippen LogP contribution in [0, 0.1) is 12.7 Å². The van der Waals surface area contributed by atoms with E-state index in [2.05, 4.69) is 10.3 Å². The predicted molar refractivity (Wildman–Crippen MR) is 100 cm³/mol. The third-order valence-electron chi connectivity index (χ3n) is 3.84. The number of nitrogens with zero attached hydrogens (tertiary/aromatic N) is 1. The molecule has 3 rings (SSSR count). The molecule has 3 aromatic rings. The van der Waals surface area contributed by atoms with Gasteiger partial charge < -0.3 is 14.5 Å². The molecule has 0 saturated heterocycles. The van der Waals surface area contributed by atoms with Crippen molar-refractivity contribution in [2.45, 2.75) is 26.5 Å². The number of hydrogen-bond donors (Lipinski definition) is 1. The van der Waals surface area contributed by atoms with Crippen molar-refractivity contribution in [3.05, 3.63) is 71.0 Å². The van der Waals surface area contributed by atoms with E-state index < -0.39 is 11.9 Å². The standard InChI is InChI=1S/C20H18ClFN2O3/c1-12-19(14-6-8-15(21)9-7-14)27-18(24-12)11-23-20(25)13(2)26-17-5-3-4-16(22)10-17/h3-10,13H,11H2,1-2H3,(H,23,25). The van der Waals surface area contributed by atoms with Crippen molar-refractivity contribution in [1.82, 2.24) is 10.3 Å². The minimum Gasteiger partial charge on any atom is -0.481 e.